The molecule has 0 N–H and O–H groups in total. The number of rotatable bonds is 0. The van der Waals surface area contributed by atoms with Gasteiger partial charge in [-0.15, -0.1) is 0 Å². The number of ketones is 2. The minimum Gasteiger partial charge on any atom is -0.294 e. The van der Waals surface area contributed by atoms with Crippen molar-refractivity contribution in [1.29, 1.82) is 0 Å². The van der Waals surface area contributed by atoms with Crippen molar-refractivity contribution in [2.75, 3.05) is 0 Å². The van der Waals surface area contributed by atoms with Crippen LogP contribution in [-0.2, 0) is 9.59 Å². The Bertz CT molecular complexity index is 323. The molecule has 0 radical (unpaired) electrons. The Morgan fingerprint density at radius 3 is 2.46 bits per heavy atom. The van der Waals surface area contributed by atoms with Gasteiger partial charge in [0.25, 0.3) is 0 Å². The molecule has 2 unspecified atom stereocenters. The summed E-state index contributed by atoms with van der Waals surface area (Å²) in [5, 5.41) is 0. The molecule has 0 saturated carbocycles. The van der Waals surface area contributed by atoms with Crippen LogP contribution in [0.4, 0.5) is 0 Å². The summed E-state index contributed by atoms with van der Waals surface area (Å²) in [6, 6.07) is 0. The molecule has 2 aliphatic rings. The van der Waals surface area contributed by atoms with E-state index in [1.54, 1.807) is 6.92 Å². The van der Waals surface area contributed by atoms with Crippen LogP contribution in [0.5, 0.6) is 0 Å². The largest absolute Gasteiger partial charge is 0.294 e. The number of hydrogen-bond donors (Lipinski definition) is 0. The molecule has 13 heavy (non-hydrogen) atoms. The van der Waals surface area contributed by atoms with Crippen LogP contribution in [-0.4, -0.2) is 11.6 Å². The first-order valence-electron chi connectivity index (χ1n) is 4.61. The summed E-state index contributed by atoms with van der Waals surface area (Å²) in [6.45, 7) is 1.73. The number of carbonyl (C=O) groups excluding carboxylic acids is 2. The number of hydrogen-bond acceptors (Lipinski definition) is 2. The molecule has 0 aromatic carbocycles. The van der Waals surface area contributed by atoms with Crippen LogP contribution >= 0.6 is 0 Å². The van der Waals surface area contributed by atoms with Crippen LogP contribution in [0.3, 0.4) is 0 Å². The van der Waals surface area contributed by atoms with Gasteiger partial charge in [0.2, 0.25) is 0 Å². The Morgan fingerprint density at radius 1 is 1.15 bits per heavy atom. The highest BCUT2D eigenvalue weighted by atomic mass is 16.1. The van der Waals surface area contributed by atoms with Gasteiger partial charge in [-0.25, -0.2) is 0 Å². The van der Waals surface area contributed by atoms with Gasteiger partial charge in [0.05, 0.1) is 0 Å². The van der Waals surface area contributed by atoms with E-state index in [2.05, 4.69) is 0 Å². The second-order valence-electron chi connectivity index (χ2n) is 3.75. The van der Waals surface area contributed by atoms with Crippen molar-refractivity contribution in [2.24, 2.45) is 11.8 Å². The van der Waals surface area contributed by atoms with Crippen molar-refractivity contribution in [2.45, 2.75) is 19.8 Å². The molecule has 68 valence electrons. The fraction of sp³-hybridized carbons (Fsp3) is 0.455. The lowest BCUT2D eigenvalue weighted by molar-refractivity contribution is -0.129. The Hall–Kier alpha value is -1.18. The molecule has 0 heterocycles. The molecule has 0 spiro atoms. The van der Waals surface area contributed by atoms with Gasteiger partial charge in [-0.1, -0.05) is 12.2 Å². The summed E-state index contributed by atoms with van der Waals surface area (Å²) in [5.74, 6) is 0.157. The Morgan fingerprint density at radius 2 is 1.77 bits per heavy atom. The van der Waals surface area contributed by atoms with Crippen molar-refractivity contribution in [3.63, 3.8) is 0 Å². The highest BCUT2D eigenvalue weighted by Gasteiger charge is 2.36. The van der Waals surface area contributed by atoms with Crippen LogP contribution in [0.2, 0.25) is 0 Å². The number of Topliss-reactive ketones (excluding diaryl/α,β-unsaturated/α-hetero) is 1. The summed E-state index contributed by atoms with van der Waals surface area (Å²) < 4.78 is 0. The minimum absolute atomic E-state index is 0.0671. The molecule has 0 amide bonds. The molecule has 2 aliphatic carbocycles. The van der Waals surface area contributed by atoms with E-state index in [0.29, 0.717) is 5.57 Å². The van der Waals surface area contributed by atoms with Crippen molar-refractivity contribution < 1.29 is 9.59 Å². The van der Waals surface area contributed by atoms with E-state index in [4.69, 9.17) is 0 Å². The third-order valence-electron chi connectivity index (χ3n) is 2.88. The molecule has 0 saturated heterocycles. The summed E-state index contributed by atoms with van der Waals surface area (Å²) >= 11 is 0. The Kier molecular flexibility index (Phi) is 1.91. The zero-order chi connectivity index (χ0) is 9.42. The summed E-state index contributed by atoms with van der Waals surface area (Å²) in [7, 11) is 0. The molecule has 0 aliphatic heterocycles. The fourth-order valence-corrected chi connectivity index (χ4v) is 2.10. The highest BCUT2D eigenvalue weighted by molar-refractivity contribution is 6.10. The first kappa shape index (κ1) is 8.42. The van der Waals surface area contributed by atoms with Crippen LogP contribution in [0, 0.1) is 11.8 Å². The van der Waals surface area contributed by atoms with E-state index < -0.39 is 0 Å². The molecule has 2 atom stereocenters. The SMILES string of the molecule is CC1=CC(=O)C2CC=CCC2C1=O. The Labute approximate surface area is 77.3 Å². The van der Waals surface area contributed by atoms with E-state index in [1.165, 1.54) is 6.08 Å². The lowest BCUT2D eigenvalue weighted by Crippen LogP contribution is -2.35. The van der Waals surface area contributed by atoms with Gasteiger partial charge in [-0.2, -0.15) is 0 Å². The van der Waals surface area contributed by atoms with Crippen LogP contribution in [0.15, 0.2) is 23.8 Å². The van der Waals surface area contributed by atoms with Gasteiger partial charge in [-0.05, 0) is 31.4 Å². The lowest BCUT2D eigenvalue weighted by atomic mass is 9.72. The lowest BCUT2D eigenvalue weighted by Gasteiger charge is -2.28. The van der Waals surface area contributed by atoms with Crippen LogP contribution < -0.4 is 0 Å². The first-order valence-corrected chi connectivity index (χ1v) is 4.61. The third kappa shape index (κ3) is 1.26. The molecular weight excluding hydrogens is 164 g/mol. The maximum absolute atomic E-state index is 11.7. The van der Waals surface area contributed by atoms with E-state index in [9.17, 15) is 9.59 Å². The van der Waals surface area contributed by atoms with Crippen LogP contribution in [0.25, 0.3) is 0 Å². The maximum atomic E-state index is 11.7. The predicted molar refractivity (Wildman–Crippen MR) is 49.1 cm³/mol. The van der Waals surface area contributed by atoms with Gasteiger partial charge in [0, 0.05) is 11.8 Å². The molecule has 2 rings (SSSR count). The van der Waals surface area contributed by atoms with E-state index in [0.717, 1.165) is 12.8 Å². The fourth-order valence-electron chi connectivity index (χ4n) is 2.10. The molecule has 2 nitrogen and oxygen atoms in total. The van der Waals surface area contributed by atoms with Crippen molar-refractivity contribution in [1.82, 2.24) is 0 Å². The highest BCUT2D eigenvalue weighted by Crippen LogP contribution is 2.32. The van der Waals surface area contributed by atoms with Crippen molar-refractivity contribution in [3.8, 4) is 0 Å². The molecular formula is C11H12O2. The van der Waals surface area contributed by atoms with Crippen molar-refractivity contribution >= 4 is 11.6 Å². The molecule has 0 bridgehead atoms. The monoisotopic (exact) mass is 176 g/mol. The van der Waals surface area contributed by atoms with Gasteiger partial charge in [-0.3, -0.25) is 9.59 Å². The second-order valence-corrected chi connectivity index (χ2v) is 3.75. The summed E-state index contributed by atoms with van der Waals surface area (Å²) in [6.07, 6.45) is 6.98. The molecule has 0 aromatic heterocycles. The van der Waals surface area contributed by atoms with Gasteiger partial charge < -0.3 is 0 Å². The standard InChI is InChI=1S/C11H12O2/c1-7-6-10(12)8-4-2-3-5-9(8)11(7)13/h2-3,6,8-9H,4-5H2,1H3. The van der Waals surface area contributed by atoms with E-state index in [-0.39, 0.29) is 23.4 Å². The summed E-state index contributed by atoms with van der Waals surface area (Å²) in [4.78, 5) is 23.2. The molecule has 0 aromatic rings. The normalized spacial score (nSPS) is 32.8. The average molecular weight is 176 g/mol. The van der Waals surface area contributed by atoms with Gasteiger partial charge >= 0.3 is 0 Å². The molecule has 0 fully saturated rings. The predicted octanol–water partition coefficient (Wildman–Crippen LogP) is 1.67. The number of fused-ring (bicyclic) bond motifs is 1. The first-order chi connectivity index (χ1) is 6.20. The quantitative estimate of drug-likeness (QED) is 0.526. The van der Waals surface area contributed by atoms with E-state index >= 15 is 0 Å². The van der Waals surface area contributed by atoms with Crippen molar-refractivity contribution in [3.05, 3.63) is 23.8 Å². The zero-order valence-electron chi connectivity index (χ0n) is 7.62. The average Bonchev–Trinajstić information content (AvgIpc) is 2.15. The number of allylic oxidation sites excluding steroid dienone is 4. The zero-order valence-corrected chi connectivity index (χ0v) is 7.62. The maximum Gasteiger partial charge on any atom is 0.162 e. The van der Waals surface area contributed by atoms with Gasteiger partial charge in [0.15, 0.2) is 11.6 Å². The topological polar surface area (TPSA) is 34.1 Å². The smallest absolute Gasteiger partial charge is 0.162 e. The molecule has 2 heteroatoms. The Balaban J connectivity index is 2.37. The number of carbonyl (C=O) groups is 2. The van der Waals surface area contributed by atoms with Crippen LogP contribution in [0.1, 0.15) is 19.8 Å². The minimum atomic E-state index is -0.0683. The third-order valence-corrected chi connectivity index (χ3v) is 2.88. The summed E-state index contributed by atoms with van der Waals surface area (Å²) in [5.41, 5.74) is 0.626. The van der Waals surface area contributed by atoms with E-state index in [1.807, 2.05) is 12.2 Å². The second kappa shape index (κ2) is 2.95. The van der Waals surface area contributed by atoms with Gasteiger partial charge in [0.1, 0.15) is 0 Å².